The van der Waals surface area contributed by atoms with Gasteiger partial charge in [-0.3, -0.25) is 4.79 Å². The molecule has 0 aliphatic rings. The van der Waals surface area contributed by atoms with E-state index in [0.717, 1.165) is 10.5 Å². The van der Waals surface area contributed by atoms with Crippen molar-refractivity contribution >= 4 is 18.4 Å². The van der Waals surface area contributed by atoms with Crippen LogP contribution in [0.15, 0.2) is 29.2 Å². The van der Waals surface area contributed by atoms with E-state index < -0.39 is 0 Å². The Labute approximate surface area is 71.8 Å². The summed E-state index contributed by atoms with van der Waals surface area (Å²) in [7, 11) is 0. The molecular formula is C9H10OS. The summed E-state index contributed by atoms with van der Waals surface area (Å²) in [4.78, 5) is 11.6. The number of Topliss-reactive ketones (excluding diaryl/α,β-unsaturated/α-hetero) is 1. The monoisotopic (exact) mass is 166 g/mol. The van der Waals surface area contributed by atoms with E-state index in [-0.39, 0.29) is 5.78 Å². The van der Waals surface area contributed by atoms with Gasteiger partial charge in [0.25, 0.3) is 0 Å². The van der Waals surface area contributed by atoms with E-state index in [4.69, 9.17) is 0 Å². The maximum atomic E-state index is 10.7. The minimum absolute atomic E-state index is 0.173. The molecule has 0 saturated heterocycles. The Morgan fingerprint density at radius 1 is 1.45 bits per heavy atom. The third-order valence-corrected chi connectivity index (χ3v) is 1.87. The maximum absolute atomic E-state index is 10.7. The Hall–Kier alpha value is -0.760. The van der Waals surface area contributed by atoms with Gasteiger partial charge in [0.05, 0.1) is 0 Å². The molecule has 58 valence electrons. The standard InChI is InChI=1S/C9H10OS/c1-7(10)6-8-4-2-3-5-9(8)11/h2-5,11H,6H2,1H3. The van der Waals surface area contributed by atoms with E-state index >= 15 is 0 Å². The Bertz CT molecular complexity index is 268. The van der Waals surface area contributed by atoms with E-state index in [1.165, 1.54) is 0 Å². The summed E-state index contributed by atoms with van der Waals surface area (Å²) in [5.41, 5.74) is 1.00. The van der Waals surface area contributed by atoms with Crippen LogP contribution >= 0.6 is 12.6 Å². The number of hydrogen-bond acceptors (Lipinski definition) is 2. The molecule has 0 atom stereocenters. The van der Waals surface area contributed by atoms with E-state index in [2.05, 4.69) is 12.6 Å². The zero-order valence-corrected chi connectivity index (χ0v) is 7.27. The first-order valence-electron chi connectivity index (χ1n) is 3.46. The lowest BCUT2D eigenvalue weighted by Gasteiger charge is -1.99. The number of benzene rings is 1. The van der Waals surface area contributed by atoms with Gasteiger partial charge in [-0.1, -0.05) is 18.2 Å². The molecule has 0 aliphatic carbocycles. The first kappa shape index (κ1) is 8.34. The average Bonchev–Trinajstić information content (AvgIpc) is 1.93. The van der Waals surface area contributed by atoms with Gasteiger partial charge in [-0.2, -0.15) is 0 Å². The van der Waals surface area contributed by atoms with Crippen molar-refractivity contribution < 1.29 is 4.79 Å². The lowest BCUT2D eigenvalue weighted by atomic mass is 10.1. The molecule has 11 heavy (non-hydrogen) atoms. The van der Waals surface area contributed by atoms with Crippen LogP contribution < -0.4 is 0 Å². The van der Waals surface area contributed by atoms with E-state index in [9.17, 15) is 4.79 Å². The van der Waals surface area contributed by atoms with Crippen LogP contribution in [0.5, 0.6) is 0 Å². The van der Waals surface area contributed by atoms with Crippen LogP contribution in [0.25, 0.3) is 0 Å². The number of carbonyl (C=O) groups excluding carboxylic acids is 1. The summed E-state index contributed by atoms with van der Waals surface area (Å²) in [6.07, 6.45) is 0.486. The van der Waals surface area contributed by atoms with Gasteiger partial charge in [0.2, 0.25) is 0 Å². The Kier molecular flexibility index (Phi) is 2.71. The second kappa shape index (κ2) is 3.58. The molecule has 0 unspecified atom stereocenters. The van der Waals surface area contributed by atoms with Crippen molar-refractivity contribution in [2.75, 3.05) is 0 Å². The summed E-state index contributed by atoms with van der Waals surface area (Å²) < 4.78 is 0. The van der Waals surface area contributed by atoms with Gasteiger partial charge in [0.15, 0.2) is 0 Å². The first-order chi connectivity index (χ1) is 5.20. The van der Waals surface area contributed by atoms with Gasteiger partial charge in [0.1, 0.15) is 5.78 Å². The molecule has 1 nitrogen and oxygen atoms in total. The normalized spacial score (nSPS) is 9.64. The highest BCUT2D eigenvalue weighted by molar-refractivity contribution is 7.80. The summed E-state index contributed by atoms with van der Waals surface area (Å²) in [5, 5.41) is 0. The molecule has 0 saturated carbocycles. The van der Waals surface area contributed by atoms with Gasteiger partial charge < -0.3 is 0 Å². The first-order valence-corrected chi connectivity index (χ1v) is 3.91. The molecule has 0 N–H and O–H groups in total. The predicted octanol–water partition coefficient (Wildman–Crippen LogP) is 2.11. The zero-order chi connectivity index (χ0) is 8.27. The minimum Gasteiger partial charge on any atom is -0.300 e. The predicted molar refractivity (Wildman–Crippen MR) is 48.1 cm³/mol. The SMILES string of the molecule is CC(=O)Cc1ccccc1S. The molecule has 0 radical (unpaired) electrons. The zero-order valence-electron chi connectivity index (χ0n) is 6.37. The molecule has 0 fully saturated rings. The van der Waals surface area contributed by atoms with E-state index in [0.29, 0.717) is 6.42 Å². The Morgan fingerprint density at radius 2 is 2.09 bits per heavy atom. The summed E-state index contributed by atoms with van der Waals surface area (Å²) in [5.74, 6) is 0.173. The van der Waals surface area contributed by atoms with Gasteiger partial charge in [-0.25, -0.2) is 0 Å². The number of hydrogen-bond donors (Lipinski definition) is 1. The van der Waals surface area contributed by atoms with Crippen molar-refractivity contribution in [1.82, 2.24) is 0 Å². The fraction of sp³-hybridized carbons (Fsp3) is 0.222. The molecule has 1 rings (SSSR count). The van der Waals surface area contributed by atoms with Gasteiger partial charge in [-0.15, -0.1) is 12.6 Å². The summed E-state index contributed by atoms with van der Waals surface area (Å²) in [6, 6.07) is 7.63. The largest absolute Gasteiger partial charge is 0.300 e. The number of carbonyl (C=O) groups is 1. The summed E-state index contributed by atoms with van der Waals surface area (Å²) >= 11 is 4.22. The molecular weight excluding hydrogens is 156 g/mol. The van der Waals surface area contributed by atoms with Crippen LogP contribution in [0.4, 0.5) is 0 Å². The van der Waals surface area contributed by atoms with Crippen LogP contribution in [-0.4, -0.2) is 5.78 Å². The van der Waals surface area contributed by atoms with E-state index in [1.807, 2.05) is 24.3 Å². The Morgan fingerprint density at radius 3 is 2.64 bits per heavy atom. The number of thiol groups is 1. The highest BCUT2D eigenvalue weighted by Gasteiger charge is 1.99. The number of rotatable bonds is 2. The minimum atomic E-state index is 0.173. The maximum Gasteiger partial charge on any atom is 0.134 e. The molecule has 0 spiro atoms. The fourth-order valence-electron chi connectivity index (χ4n) is 0.929. The lowest BCUT2D eigenvalue weighted by molar-refractivity contribution is -0.116. The van der Waals surface area contributed by atoms with Crippen LogP contribution in [0.1, 0.15) is 12.5 Å². The van der Waals surface area contributed by atoms with Crippen LogP contribution in [0, 0.1) is 0 Å². The summed E-state index contributed by atoms with van der Waals surface area (Å²) in [6.45, 7) is 1.58. The van der Waals surface area contributed by atoms with Crippen molar-refractivity contribution in [3.05, 3.63) is 29.8 Å². The second-order valence-electron chi connectivity index (χ2n) is 2.51. The molecule has 1 aromatic carbocycles. The van der Waals surface area contributed by atoms with Crippen LogP contribution in [-0.2, 0) is 11.2 Å². The molecule has 2 heteroatoms. The van der Waals surface area contributed by atoms with Crippen molar-refractivity contribution in [3.8, 4) is 0 Å². The van der Waals surface area contributed by atoms with Crippen molar-refractivity contribution in [1.29, 1.82) is 0 Å². The topological polar surface area (TPSA) is 17.1 Å². The molecule has 0 bridgehead atoms. The smallest absolute Gasteiger partial charge is 0.134 e. The average molecular weight is 166 g/mol. The lowest BCUT2D eigenvalue weighted by Crippen LogP contribution is -1.96. The third-order valence-electron chi connectivity index (χ3n) is 1.43. The molecule has 0 heterocycles. The Balaban J connectivity index is 2.86. The molecule has 0 aromatic heterocycles. The van der Waals surface area contributed by atoms with Gasteiger partial charge in [-0.05, 0) is 18.6 Å². The van der Waals surface area contributed by atoms with Crippen molar-refractivity contribution in [2.45, 2.75) is 18.2 Å². The van der Waals surface area contributed by atoms with Crippen molar-refractivity contribution in [2.24, 2.45) is 0 Å². The molecule has 0 aliphatic heterocycles. The fourth-order valence-corrected chi connectivity index (χ4v) is 1.17. The third kappa shape index (κ3) is 2.39. The van der Waals surface area contributed by atoms with Gasteiger partial charge in [0, 0.05) is 11.3 Å². The van der Waals surface area contributed by atoms with Crippen molar-refractivity contribution in [3.63, 3.8) is 0 Å². The highest BCUT2D eigenvalue weighted by Crippen LogP contribution is 2.13. The quantitative estimate of drug-likeness (QED) is 0.666. The molecule has 0 amide bonds. The second-order valence-corrected chi connectivity index (χ2v) is 2.99. The van der Waals surface area contributed by atoms with Crippen LogP contribution in [0.3, 0.4) is 0 Å². The van der Waals surface area contributed by atoms with E-state index in [1.54, 1.807) is 6.92 Å². The van der Waals surface area contributed by atoms with Gasteiger partial charge >= 0.3 is 0 Å². The molecule has 1 aromatic rings. The number of ketones is 1. The van der Waals surface area contributed by atoms with Crippen LogP contribution in [0.2, 0.25) is 0 Å². The highest BCUT2D eigenvalue weighted by atomic mass is 32.1.